The monoisotopic (exact) mass is 136 g/mol. The molecule has 0 aromatic rings. The van der Waals surface area contributed by atoms with Crippen molar-refractivity contribution in [1.29, 1.82) is 0 Å². The first-order chi connectivity index (χ1) is 4.68. The van der Waals surface area contributed by atoms with Gasteiger partial charge in [0, 0.05) is 17.8 Å². The fourth-order valence-corrected chi connectivity index (χ4v) is 0.943. The zero-order chi connectivity index (χ0) is 7.56. The summed E-state index contributed by atoms with van der Waals surface area (Å²) in [4.78, 5) is 8.46. The van der Waals surface area contributed by atoms with Crippen molar-refractivity contribution in [3.05, 3.63) is 11.8 Å². The van der Waals surface area contributed by atoms with Crippen LogP contribution in [0.2, 0.25) is 0 Å². The molecule has 0 aliphatic carbocycles. The second kappa shape index (κ2) is 2.78. The van der Waals surface area contributed by atoms with E-state index in [0.717, 1.165) is 23.7 Å². The Morgan fingerprint density at radius 1 is 1.20 bits per heavy atom. The standard InChI is InChI=1S/C8H12N2/c1-6-4-5-7(2)10-8(3)9-6/h4H,5H2,1-3H3. The maximum absolute atomic E-state index is 4.24. The molecule has 0 saturated carbocycles. The number of hydrogen-bond acceptors (Lipinski definition) is 2. The van der Waals surface area contributed by atoms with Crippen LogP contribution in [0.3, 0.4) is 0 Å². The fraction of sp³-hybridized carbons (Fsp3) is 0.500. The number of allylic oxidation sites excluding steroid dienone is 2. The molecule has 0 aromatic heterocycles. The third-order valence-electron chi connectivity index (χ3n) is 1.38. The maximum atomic E-state index is 4.24. The van der Waals surface area contributed by atoms with Gasteiger partial charge in [-0.1, -0.05) is 6.08 Å². The maximum Gasteiger partial charge on any atom is 0.125 e. The van der Waals surface area contributed by atoms with Crippen LogP contribution in [0, 0.1) is 0 Å². The summed E-state index contributed by atoms with van der Waals surface area (Å²) < 4.78 is 0. The molecule has 0 spiro atoms. The van der Waals surface area contributed by atoms with E-state index in [2.05, 4.69) is 16.1 Å². The van der Waals surface area contributed by atoms with E-state index in [9.17, 15) is 0 Å². The van der Waals surface area contributed by atoms with E-state index in [4.69, 9.17) is 0 Å². The number of amidine groups is 1. The molecule has 0 N–H and O–H groups in total. The van der Waals surface area contributed by atoms with Crippen molar-refractivity contribution in [2.45, 2.75) is 27.2 Å². The Kier molecular flexibility index (Phi) is 2.00. The van der Waals surface area contributed by atoms with Gasteiger partial charge in [-0.25, -0.2) is 9.98 Å². The van der Waals surface area contributed by atoms with E-state index < -0.39 is 0 Å². The molecule has 0 atom stereocenters. The fourth-order valence-electron chi connectivity index (χ4n) is 0.943. The van der Waals surface area contributed by atoms with Gasteiger partial charge in [0.05, 0.1) is 0 Å². The minimum atomic E-state index is 0.865. The predicted octanol–water partition coefficient (Wildman–Crippen LogP) is 2.17. The molecular formula is C8H12N2. The molecule has 0 aromatic carbocycles. The predicted molar refractivity (Wildman–Crippen MR) is 44.6 cm³/mol. The van der Waals surface area contributed by atoms with Gasteiger partial charge >= 0.3 is 0 Å². The van der Waals surface area contributed by atoms with Crippen LogP contribution in [0.4, 0.5) is 0 Å². The lowest BCUT2D eigenvalue weighted by molar-refractivity contribution is 1.26. The van der Waals surface area contributed by atoms with Crippen molar-refractivity contribution in [3.8, 4) is 0 Å². The van der Waals surface area contributed by atoms with Crippen molar-refractivity contribution in [1.82, 2.24) is 0 Å². The van der Waals surface area contributed by atoms with E-state index in [1.54, 1.807) is 0 Å². The van der Waals surface area contributed by atoms with Crippen molar-refractivity contribution in [2.75, 3.05) is 0 Å². The molecule has 0 fully saturated rings. The van der Waals surface area contributed by atoms with E-state index in [1.165, 1.54) is 0 Å². The smallest absolute Gasteiger partial charge is 0.125 e. The van der Waals surface area contributed by atoms with E-state index in [1.807, 2.05) is 20.8 Å². The lowest BCUT2D eigenvalue weighted by Crippen LogP contribution is -1.91. The van der Waals surface area contributed by atoms with Gasteiger partial charge in [0.25, 0.3) is 0 Å². The number of rotatable bonds is 0. The van der Waals surface area contributed by atoms with Gasteiger partial charge in [0.2, 0.25) is 0 Å². The Morgan fingerprint density at radius 3 is 2.60 bits per heavy atom. The Labute approximate surface area is 61.4 Å². The van der Waals surface area contributed by atoms with Gasteiger partial charge in [-0.3, -0.25) is 0 Å². The first-order valence-electron chi connectivity index (χ1n) is 3.44. The van der Waals surface area contributed by atoms with Crippen molar-refractivity contribution in [3.63, 3.8) is 0 Å². The van der Waals surface area contributed by atoms with Crippen LogP contribution in [0.25, 0.3) is 0 Å². The summed E-state index contributed by atoms with van der Waals surface area (Å²) in [6.45, 7) is 5.94. The highest BCUT2D eigenvalue weighted by molar-refractivity contribution is 5.97. The number of hydrogen-bond donors (Lipinski definition) is 0. The van der Waals surface area contributed by atoms with E-state index >= 15 is 0 Å². The van der Waals surface area contributed by atoms with Gasteiger partial charge in [0.1, 0.15) is 5.84 Å². The average molecular weight is 136 g/mol. The zero-order valence-corrected chi connectivity index (χ0v) is 6.68. The van der Waals surface area contributed by atoms with E-state index in [-0.39, 0.29) is 0 Å². The van der Waals surface area contributed by atoms with Gasteiger partial charge in [-0.05, 0) is 20.8 Å². The second-order valence-corrected chi connectivity index (χ2v) is 2.56. The Bertz CT molecular complexity index is 221. The average Bonchev–Trinajstić information content (AvgIpc) is 1.93. The van der Waals surface area contributed by atoms with Gasteiger partial charge < -0.3 is 0 Å². The molecular weight excluding hydrogens is 124 g/mol. The molecule has 1 aliphatic heterocycles. The van der Waals surface area contributed by atoms with Crippen LogP contribution in [0.1, 0.15) is 27.2 Å². The molecule has 1 aliphatic rings. The summed E-state index contributed by atoms with van der Waals surface area (Å²) in [5.41, 5.74) is 2.20. The molecule has 0 saturated heterocycles. The van der Waals surface area contributed by atoms with Crippen LogP contribution in [-0.4, -0.2) is 11.5 Å². The Morgan fingerprint density at radius 2 is 1.90 bits per heavy atom. The Balaban J connectivity index is 2.90. The molecule has 0 amide bonds. The molecule has 0 unspecified atom stereocenters. The summed E-state index contributed by atoms with van der Waals surface area (Å²) in [7, 11) is 0. The van der Waals surface area contributed by atoms with Crippen molar-refractivity contribution >= 4 is 11.5 Å². The summed E-state index contributed by atoms with van der Waals surface area (Å²) in [5, 5.41) is 0. The minimum Gasteiger partial charge on any atom is -0.243 e. The Hall–Kier alpha value is -0.920. The SMILES string of the molecule is CC1=CCC(C)=NC(C)=N1. The van der Waals surface area contributed by atoms with Gasteiger partial charge in [0.15, 0.2) is 0 Å². The van der Waals surface area contributed by atoms with Crippen LogP contribution in [0.5, 0.6) is 0 Å². The van der Waals surface area contributed by atoms with Gasteiger partial charge in [-0.15, -0.1) is 0 Å². The first-order valence-corrected chi connectivity index (χ1v) is 3.44. The quantitative estimate of drug-likeness (QED) is 0.487. The third-order valence-corrected chi connectivity index (χ3v) is 1.38. The molecule has 2 nitrogen and oxygen atoms in total. The summed E-state index contributed by atoms with van der Waals surface area (Å²) in [6.07, 6.45) is 3.03. The normalized spacial score (nSPS) is 18.9. The van der Waals surface area contributed by atoms with Gasteiger partial charge in [-0.2, -0.15) is 0 Å². The lowest BCUT2D eigenvalue weighted by atomic mass is 10.2. The molecule has 54 valence electrons. The molecule has 1 heterocycles. The molecule has 0 radical (unpaired) electrons. The largest absolute Gasteiger partial charge is 0.243 e. The molecule has 1 rings (SSSR count). The third kappa shape index (κ3) is 1.79. The van der Waals surface area contributed by atoms with Crippen LogP contribution >= 0.6 is 0 Å². The van der Waals surface area contributed by atoms with Crippen LogP contribution in [-0.2, 0) is 0 Å². The van der Waals surface area contributed by atoms with Crippen LogP contribution < -0.4 is 0 Å². The summed E-state index contributed by atoms with van der Waals surface area (Å²) in [5.74, 6) is 0.865. The summed E-state index contributed by atoms with van der Waals surface area (Å²) >= 11 is 0. The van der Waals surface area contributed by atoms with Crippen molar-refractivity contribution < 1.29 is 0 Å². The van der Waals surface area contributed by atoms with Crippen LogP contribution in [0.15, 0.2) is 21.8 Å². The van der Waals surface area contributed by atoms with Crippen molar-refractivity contribution in [2.24, 2.45) is 9.98 Å². The highest BCUT2D eigenvalue weighted by atomic mass is 14.9. The molecule has 0 bridgehead atoms. The number of nitrogens with zero attached hydrogens (tertiary/aromatic N) is 2. The minimum absolute atomic E-state index is 0.865. The highest BCUT2D eigenvalue weighted by Crippen LogP contribution is 2.04. The van der Waals surface area contributed by atoms with E-state index in [0.29, 0.717) is 0 Å². The summed E-state index contributed by atoms with van der Waals surface area (Å²) in [6, 6.07) is 0. The highest BCUT2D eigenvalue weighted by Gasteiger charge is 1.96. The second-order valence-electron chi connectivity index (χ2n) is 2.56. The first kappa shape index (κ1) is 7.19. The molecule has 10 heavy (non-hydrogen) atoms. The molecule has 2 heteroatoms. The lowest BCUT2D eigenvalue weighted by Gasteiger charge is -1.89. The zero-order valence-electron chi connectivity index (χ0n) is 6.68. The number of aliphatic imine (C=N–C) groups is 2. The topological polar surface area (TPSA) is 24.7 Å².